The number of hydrogen-bond acceptors (Lipinski definition) is 12. The third-order valence-electron chi connectivity index (χ3n) is 5.93. The van der Waals surface area contributed by atoms with E-state index < -0.39 is 10.8 Å². The molecule has 0 spiro atoms. The predicted molar refractivity (Wildman–Crippen MR) is 205 cm³/mol. The molecular weight excluding hydrogens is 859 g/mol. The molecule has 0 saturated heterocycles. The van der Waals surface area contributed by atoms with E-state index in [-0.39, 0.29) is 47.5 Å². The predicted octanol–water partition coefficient (Wildman–Crippen LogP) is 7.70. The van der Waals surface area contributed by atoms with Gasteiger partial charge in [0.25, 0.3) is 0 Å². The fourth-order valence-electron chi connectivity index (χ4n) is 3.20. The molecule has 0 saturated carbocycles. The van der Waals surface area contributed by atoms with Gasteiger partial charge in [0.15, 0.2) is 13.5 Å². The van der Waals surface area contributed by atoms with Crippen molar-refractivity contribution >= 4 is 62.4 Å². The van der Waals surface area contributed by atoms with Crippen LogP contribution in [-0.2, 0) is 45.7 Å². The Morgan fingerprint density at radius 1 is 0.745 bits per heavy atom. The molecule has 0 fully saturated rings. The molecule has 18 heteroatoms. The quantitative estimate of drug-likeness (QED) is 0.116. The van der Waals surface area contributed by atoms with Crippen LogP contribution < -0.4 is 14.2 Å². The second kappa shape index (κ2) is 23.0. The minimum Gasteiger partial charge on any atom is -0.508 e. The molecule has 51 heavy (non-hydrogen) atoms. The lowest BCUT2D eigenvalue weighted by Gasteiger charge is -2.16. The summed E-state index contributed by atoms with van der Waals surface area (Å²) in [5.41, 5.74) is 0.265. The smallest absolute Gasteiger partial charge is 0.369 e. The number of carbonyl (C=O) groups is 2. The number of benzene rings is 2. The fraction of sp³-hybridized carbons (Fsp3) is 0.455. The molecule has 0 bridgehead atoms. The van der Waals surface area contributed by atoms with E-state index >= 15 is 0 Å². The standard InChI is InChI=1S/C16H21N3O4.C15H19N3O4.C2H6.BBr3/c1-16(2,3)15(20)23-11-19-12(9-17-18-19)10-22-14-7-5-13(21-4)6-8-14;1-15(2,3)14(20)22-10-18-11(8-16-17-18)9-21-13-6-4-12(19)5-7-13;1-2;2-1(3)4/h5-9H,10-11H2,1-4H3;4-8,19H,9-10H2,1-3H3;1-2H3;/i;;1D;. The van der Waals surface area contributed by atoms with E-state index in [1.54, 1.807) is 80.1 Å². The summed E-state index contributed by atoms with van der Waals surface area (Å²) in [6, 6.07) is 13.6. The first-order valence-electron chi connectivity index (χ1n) is 16.1. The van der Waals surface area contributed by atoms with Gasteiger partial charge in [0, 0.05) is 1.37 Å². The zero-order chi connectivity index (χ0) is 39.3. The Labute approximate surface area is 325 Å². The summed E-state index contributed by atoms with van der Waals surface area (Å²) in [5, 5.41) is 24.6. The van der Waals surface area contributed by atoms with Gasteiger partial charge in [0.05, 0.1) is 41.7 Å². The van der Waals surface area contributed by atoms with Crippen LogP contribution in [0.4, 0.5) is 0 Å². The van der Waals surface area contributed by atoms with Crippen LogP contribution in [0.2, 0.25) is 0 Å². The van der Waals surface area contributed by atoms with E-state index in [1.807, 2.05) is 24.3 Å². The first kappa shape index (κ1) is 43.5. The van der Waals surface area contributed by atoms with Crippen molar-refractivity contribution in [3.63, 3.8) is 0 Å². The maximum Gasteiger partial charge on any atom is 0.369 e. The number of nitrogens with zero attached hydrogens (tertiary/aromatic N) is 6. The molecule has 14 nitrogen and oxygen atoms in total. The number of rotatable bonds is 11. The molecule has 2 heterocycles. The van der Waals surface area contributed by atoms with Gasteiger partial charge in [-0.1, -0.05) is 24.3 Å². The van der Waals surface area contributed by atoms with Crippen molar-refractivity contribution in [2.75, 3.05) is 7.11 Å². The van der Waals surface area contributed by atoms with Crippen LogP contribution >= 0.6 is 47.3 Å². The van der Waals surface area contributed by atoms with E-state index in [1.165, 1.54) is 21.5 Å². The van der Waals surface area contributed by atoms with Crippen molar-refractivity contribution in [1.29, 1.82) is 0 Å². The molecule has 4 rings (SSSR count). The molecule has 0 radical (unpaired) electrons. The van der Waals surface area contributed by atoms with Gasteiger partial charge in [-0.3, -0.25) is 9.59 Å². The van der Waals surface area contributed by atoms with Gasteiger partial charge in [-0.15, -0.1) is 57.5 Å². The molecule has 2 aromatic heterocycles. The maximum atomic E-state index is 11.8. The second-order valence-corrected chi connectivity index (χ2v) is 18.5. The Hall–Kier alpha value is -3.64. The SMILES string of the molecule is BrB(Br)Br.CC(C)(C)C(=O)OCn1nncc1COc1ccc(O)cc1.COc1ccc(OCc2cnnn2COC(=O)C(C)(C)C)cc1.[2H]CC. The number of aromatic nitrogens is 6. The molecule has 280 valence electrons. The first-order valence-corrected chi connectivity index (χ1v) is 18.1. The van der Waals surface area contributed by atoms with Crippen LogP contribution in [0.1, 0.15) is 68.1 Å². The Morgan fingerprint density at radius 3 is 1.41 bits per heavy atom. The number of ether oxygens (including phenoxy) is 5. The first-order chi connectivity index (χ1) is 24.4. The van der Waals surface area contributed by atoms with Crippen LogP contribution in [0.5, 0.6) is 23.0 Å². The van der Waals surface area contributed by atoms with Gasteiger partial charge < -0.3 is 28.8 Å². The van der Waals surface area contributed by atoms with Gasteiger partial charge in [-0.2, -0.15) is 0 Å². The van der Waals surface area contributed by atoms with Gasteiger partial charge in [0.1, 0.15) is 36.2 Å². The summed E-state index contributed by atoms with van der Waals surface area (Å²) >= 11 is 9.31. The van der Waals surface area contributed by atoms with Crippen LogP contribution in [0, 0.1) is 10.8 Å². The van der Waals surface area contributed by atoms with Crippen LogP contribution in [0.25, 0.3) is 0 Å². The molecular formula is C33H46BBr3N6O8. The Balaban J connectivity index is 0.000000441. The lowest BCUT2D eigenvalue weighted by Crippen LogP contribution is -2.25. The summed E-state index contributed by atoms with van der Waals surface area (Å²) in [7, 11) is 1.61. The average molecular weight is 906 g/mol. The highest BCUT2D eigenvalue weighted by Gasteiger charge is 2.24. The lowest BCUT2D eigenvalue weighted by atomic mass is 9.97. The van der Waals surface area contributed by atoms with Crippen molar-refractivity contribution in [1.82, 2.24) is 30.0 Å². The van der Waals surface area contributed by atoms with Crippen molar-refractivity contribution < 1.29 is 39.8 Å². The highest BCUT2D eigenvalue weighted by molar-refractivity contribution is 9.69. The molecule has 2 aromatic carbocycles. The molecule has 4 aromatic rings. The van der Waals surface area contributed by atoms with Gasteiger partial charge >= 0.3 is 15.1 Å². The van der Waals surface area contributed by atoms with Crippen molar-refractivity contribution in [3.8, 4) is 23.0 Å². The van der Waals surface area contributed by atoms with Gasteiger partial charge in [-0.25, -0.2) is 9.36 Å². The van der Waals surface area contributed by atoms with Crippen molar-refractivity contribution in [2.45, 2.75) is 82.0 Å². The van der Waals surface area contributed by atoms with Gasteiger partial charge in [0.2, 0.25) is 0 Å². The Kier molecular flexibility index (Phi) is 19.7. The fourth-order valence-corrected chi connectivity index (χ4v) is 3.20. The highest BCUT2D eigenvalue weighted by Crippen LogP contribution is 2.20. The topological polar surface area (TPSA) is 162 Å². The summed E-state index contributed by atoms with van der Waals surface area (Å²) in [4.78, 5) is 23.5. The molecule has 0 atom stereocenters. The number of halogens is 3. The minimum absolute atomic E-state index is 0.00955. The number of aromatic hydroxyl groups is 1. The third-order valence-corrected chi connectivity index (χ3v) is 5.93. The van der Waals surface area contributed by atoms with Crippen LogP contribution in [0.15, 0.2) is 60.9 Å². The maximum absolute atomic E-state index is 11.8. The monoisotopic (exact) mass is 903 g/mol. The van der Waals surface area contributed by atoms with Crippen molar-refractivity contribution in [2.24, 2.45) is 10.8 Å². The van der Waals surface area contributed by atoms with E-state index in [0.717, 1.165) is 5.75 Å². The summed E-state index contributed by atoms with van der Waals surface area (Å²) < 4.78 is 36.2. The van der Waals surface area contributed by atoms with E-state index in [0.29, 0.717) is 29.8 Å². The summed E-state index contributed by atoms with van der Waals surface area (Å²) in [5.74, 6) is 1.64. The van der Waals surface area contributed by atoms with E-state index in [9.17, 15) is 14.7 Å². The van der Waals surface area contributed by atoms with Crippen LogP contribution in [-0.4, -0.2) is 57.3 Å². The zero-order valence-corrected chi connectivity index (χ0v) is 34.8. The number of esters is 2. The lowest BCUT2D eigenvalue weighted by molar-refractivity contribution is -0.158. The number of hydrogen-bond donors (Lipinski definition) is 1. The molecule has 1 N–H and O–H groups in total. The normalized spacial score (nSPS) is 10.8. The molecule has 0 unspecified atom stereocenters. The number of phenolic OH excluding ortho intramolecular Hbond substituents is 1. The largest absolute Gasteiger partial charge is 0.508 e. The average Bonchev–Trinajstić information content (AvgIpc) is 3.73. The number of phenols is 1. The van der Waals surface area contributed by atoms with Crippen LogP contribution in [0.3, 0.4) is 0 Å². The summed E-state index contributed by atoms with van der Waals surface area (Å²) in [6.45, 7) is 13.5. The zero-order valence-electron chi connectivity index (χ0n) is 31.0. The minimum atomic E-state index is -0.566. The summed E-state index contributed by atoms with van der Waals surface area (Å²) in [6.07, 6.45) is 3.12. The Morgan fingerprint density at radius 2 is 1.08 bits per heavy atom. The highest BCUT2D eigenvalue weighted by atomic mass is 79.9. The Bertz CT molecular complexity index is 1600. The molecule has 0 aliphatic heterocycles. The number of carbonyl (C=O) groups excluding carboxylic acids is 2. The number of methoxy groups -OCH3 is 1. The second-order valence-electron chi connectivity index (χ2n) is 12.1. The molecule has 0 amide bonds. The van der Waals surface area contributed by atoms with E-state index in [2.05, 4.69) is 67.9 Å². The van der Waals surface area contributed by atoms with Crippen molar-refractivity contribution in [3.05, 3.63) is 72.3 Å². The van der Waals surface area contributed by atoms with E-state index in [4.69, 9.17) is 25.1 Å². The third kappa shape index (κ3) is 18.4. The van der Waals surface area contributed by atoms with Gasteiger partial charge in [-0.05, 0) is 90.1 Å². The molecule has 0 aliphatic rings. The molecule has 0 aliphatic carbocycles.